The quantitative estimate of drug-likeness (QED) is 0.571. The summed E-state index contributed by atoms with van der Waals surface area (Å²) in [5.74, 6) is 0. The van der Waals surface area contributed by atoms with Crippen LogP contribution >= 0.6 is 12.8 Å². The topological polar surface area (TPSA) is 38.7 Å². The van der Waals surface area contributed by atoms with Crippen molar-refractivity contribution in [3.8, 4) is 0 Å². The van der Waals surface area contributed by atoms with E-state index < -0.39 is 9.73 Å². The smallest absolute Gasteiger partial charge is 0.0903 e. The monoisotopic (exact) mass is 167 g/mol. The van der Waals surface area contributed by atoms with E-state index in [0.717, 1.165) is 0 Å². The van der Waals surface area contributed by atoms with Crippen molar-refractivity contribution in [2.24, 2.45) is 3.77 Å². The number of hydrogen-bond acceptors (Lipinski definition) is 3. The van der Waals surface area contributed by atoms with Crippen LogP contribution in [-0.2, 0) is 14.5 Å². The molecule has 9 heavy (non-hydrogen) atoms. The first-order valence-corrected chi connectivity index (χ1v) is 4.97. The molecule has 3 nitrogen and oxygen atoms in total. The maximum absolute atomic E-state index is 11.2. The first-order chi connectivity index (χ1) is 4.17. The Hall–Kier alpha value is 0.260. The van der Waals surface area contributed by atoms with Crippen LogP contribution in [0.1, 0.15) is 0 Å². The van der Waals surface area contributed by atoms with Crippen LogP contribution in [0.25, 0.3) is 0 Å². The number of rotatable bonds is 1. The molecule has 0 bridgehead atoms. The van der Waals surface area contributed by atoms with Gasteiger partial charge in [0.05, 0.1) is 28.2 Å². The third-order valence-corrected chi connectivity index (χ3v) is 4.19. The van der Waals surface area contributed by atoms with Gasteiger partial charge in [0, 0.05) is 6.26 Å². The zero-order chi connectivity index (χ0) is 6.91. The maximum atomic E-state index is 11.2. The maximum Gasteiger partial charge on any atom is 0.0903 e. The Bertz CT molecular complexity index is 203. The minimum Gasteiger partial charge on any atom is -0.379 e. The lowest BCUT2D eigenvalue weighted by Crippen LogP contribution is -2.39. The van der Waals surface area contributed by atoms with E-state index in [9.17, 15) is 4.21 Å². The van der Waals surface area contributed by atoms with Crippen LogP contribution in [0.5, 0.6) is 0 Å². The van der Waals surface area contributed by atoms with Gasteiger partial charge in [-0.25, -0.2) is 4.21 Å². The highest BCUT2D eigenvalue weighted by Gasteiger charge is 2.26. The molecule has 0 aliphatic carbocycles. The molecule has 1 heterocycles. The van der Waals surface area contributed by atoms with E-state index in [4.69, 9.17) is 4.74 Å². The number of ether oxygens (including phenoxy) is 1. The lowest BCUT2D eigenvalue weighted by atomic mass is 10.4. The Morgan fingerprint density at radius 1 is 1.78 bits per heavy atom. The minimum atomic E-state index is -2.05. The predicted octanol–water partition coefficient (Wildman–Crippen LogP) is 0.328. The average molecular weight is 167 g/mol. The van der Waals surface area contributed by atoms with Gasteiger partial charge in [0.25, 0.3) is 0 Å². The van der Waals surface area contributed by atoms with E-state index in [1.807, 2.05) is 0 Å². The molecule has 1 atom stereocenters. The molecule has 5 heteroatoms. The molecule has 54 valence electrons. The van der Waals surface area contributed by atoms with Gasteiger partial charge >= 0.3 is 0 Å². The van der Waals surface area contributed by atoms with Gasteiger partial charge < -0.3 is 4.74 Å². The van der Waals surface area contributed by atoms with Gasteiger partial charge in [0.1, 0.15) is 0 Å². The van der Waals surface area contributed by atoms with E-state index in [1.165, 1.54) is 0 Å². The van der Waals surface area contributed by atoms with Crippen LogP contribution in [0, 0.1) is 0 Å². The first kappa shape index (κ1) is 7.37. The zero-order valence-electron chi connectivity index (χ0n) is 5.11. The van der Waals surface area contributed by atoms with Crippen molar-refractivity contribution < 1.29 is 8.95 Å². The summed E-state index contributed by atoms with van der Waals surface area (Å²) in [6.45, 7) is 1.14. The molecule has 0 aromatic rings. The molecule has 0 radical (unpaired) electrons. The fraction of sp³-hybridized carbons (Fsp3) is 1.00. The van der Waals surface area contributed by atoms with Crippen molar-refractivity contribution in [2.45, 2.75) is 5.25 Å². The molecule has 1 fully saturated rings. The molecular weight excluding hydrogens is 158 g/mol. The van der Waals surface area contributed by atoms with Crippen molar-refractivity contribution in [1.82, 2.24) is 0 Å². The van der Waals surface area contributed by atoms with Crippen molar-refractivity contribution in [1.29, 1.82) is 0 Å². The molecule has 0 N–H and O–H groups in total. The van der Waals surface area contributed by atoms with Gasteiger partial charge in [-0.15, -0.1) is 0 Å². The van der Waals surface area contributed by atoms with E-state index in [-0.39, 0.29) is 5.25 Å². The van der Waals surface area contributed by atoms with Gasteiger partial charge in [-0.05, 0) is 12.8 Å². The first-order valence-electron chi connectivity index (χ1n) is 2.59. The molecule has 0 amide bonds. The van der Waals surface area contributed by atoms with Crippen LogP contribution in [0.2, 0.25) is 0 Å². The van der Waals surface area contributed by atoms with Crippen LogP contribution in [0.3, 0.4) is 0 Å². The Morgan fingerprint density at radius 3 is 2.44 bits per heavy atom. The van der Waals surface area contributed by atoms with Crippen molar-refractivity contribution in [3.63, 3.8) is 0 Å². The Balaban J connectivity index is 2.71. The highest BCUT2D eigenvalue weighted by atomic mass is 32.2. The van der Waals surface area contributed by atoms with Gasteiger partial charge in [-0.1, -0.05) is 0 Å². The SMILES string of the molecule is CS(=O)(=NS)C1COC1. The van der Waals surface area contributed by atoms with Crippen LogP contribution in [-0.4, -0.2) is 28.9 Å². The Morgan fingerprint density at radius 2 is 2.33 bits per heavy atom. The van der Waals surface area contributed by atoms with Gasteiger partial charge in [0.15, 0.2) is 0 Å². The fourth-order valence-corrected chi connectivity index (χ4v) is 1.76. The number of thiol groups is 1. The molecule has 1 aliphatic heterocycles. The van der Waals surface area contributed by atoms with E-state index in [2.05, 4.69) is 16.6 Å². The summed E-state index contributed by atoms with van der Waals surface area (Å²) in [6, 6.07) is 0. The highest BCUT2D eigenvalue weighted by Crippen LogP contribution is 2.13. The van der Waals surface area contributed by atoms with Gasteiger partial charge in [0.2, 0.25) is 0 Å². The number of hydrogen-bond donors (Lipinski definition) is 1. The van der Waals surface area contributed by atoms with Crippen molar-refractivity contribution in [2.75, 3.05) is 19.5 Å². The number of nitrogens with zero attached hydrogens (tertiary/aromatic N) is 1. The summed E-state index contributed by atoms with van der Waals surface area (Å²) in [6.07, 6.45) is 1.60. The minimum absolute atomic E-state index is 0.106. The second kappa shape index (κ2) is 2.48. The van der Waals surface area contributed by atoms with E-state index >= 15 is 0 Å². The summed E-state index contributed by atoms with van der Waals surface area (Å²) in [5, 5.41) is 0.106. The molecule has 0 aromatic carbocycles. The van der Waals surface area contributed by atoms with E-state index in [1.54, 1.807) is 6.26 Å². The average Bonchev–Trinajstić information content (AvgIpc) is 1.60. The van der Waals surface area contributed by atoms with Crippen LogP contribution < -0.4 is 0 Å². The zero-order valence-corrected chi connectivity index (χ0v) is 6.82. The predicted molar refractivity (Wildman–Crippen MR) is 40.1 cm³/mol. The summed E-state index contributed by atoms with van der Waals surface area (Å²) in [4.78, 5) is 0. The van der Waals surface area contributed by atoms with Gasteiger partial charge in [-0.3, -0.25) is 0 Å². The van der Waals surface area contributed by atoms with Gasteiger partial charge in [-0.2, -0.15) is 3.77 Å². The van der Waals surface area contributed by atoms with Crippen molar-refractivity contribution >= 4 is 22.5 Å². The molecule has 1 saturated heterocycles. The standard InChI is InChI=1S/C4H9NO2S2/c1-9(6,5-8)4-2-7-3-4/h4,8H,2-3H2,1H3. The largest absolute Gasteiger partial charge is 0.379 e. The fourth-order valence-electron chi connectivity index (χ4n) is 0.533. The molecule has 1 rings (SSSR count). The summed E-state index contributed by atoms with van der Waals surface area (Å²) < 4.78 is 19.5. The molecule has 0 saturated carbocycles. The van der Waals surface area contributed by atoms with Crippen molar-refractivity contribution in [3.05, 3.63) is 0 Å². The lowest BCUT2D eigenvalue weighted by molar-refractivity contribution is 0.0432. The Labute approximate surface area is 60.5 Å². The second-order valence-corrected chi connectivity index (χ2v) is 5.14. The lowest BCUT2D eigenvalue weighted by Gasteiger charge is -2.26. The summed E-state index contributed by atoms with van der Waals surface area (Å²) in [7, 11) is -2.05. The van der Waals surface area contributed by atoms with Crippen LogP contribution in [0.4, 0.5) is 0 Å². The summed E-state index contributed by atoms with van der Waals surface area (Å²) in [5.41, 5.74) is 0. The molecule has 0 spiro atoms. The third kappa shape index (κ3) is 1.39. The highest BCUT2D eigenvalue weighted by molar-refractivity contribution is 8.00. The van der Waals surface area contributed by atoms with Crippen LogP contribution in [0.15, 0.2) is 3.77 Å². The summed E-state index contributed by atoms with van der Waals surface area (Å²) >= 11 is 3.62. The molecule has 0 aromatic heterocycles. The second-order valence-electron chi connectivity index (χ2n) is 2.10. The van der Waals surface area contributed by atoms with E-state index in [0.29, 0.717) is 13.2 Å². The molecular formula is C4H9NO2S2. The molecule has 1 unspecified atom stereocenters. The third-order valence-electron chi connectivity index (χ3n) is 1.39. The molecule has 1 aliphatic rings. The normalized spacial score (nSPS) is 26.4. The Kier molecular flexibility index (Phi) is 2.03.